The first kappa shape index (κ1) is 24.4. The zero-order valence-corrected chi connectivity index (χ0v) is 21.3. The Morgan fingerprint density at radius 1 is 0.971 bits per heavy atom. The van der Waals surface area contributed by atoms with Crippen LogP contribution in [0.2, 0.25) is 0 Å². The average molecular weight is 489 g/mol. The molecule has 180 valence electrons. The molecule has 0 saturated carbocycles. The molecule has 1 amide bonds. The molecule has 1 N–H and O–H groups in total. The lowest BCUT2D eigenvalue weighted by molar-refractivity contribution is -0.116. The molecule has 0 saturated heterocycles. The normalized spacial score (nSPS) is 11.0. The number of nitrogens with one attached hydrogen (secondary N) is 1. The maximum absolute atomic E-state index is 13.1. The van der Waals surface area contributed by atoms with E-state index in [0.29, 0.717) is 16.1 Å². The van der Waals surface area contributed by atoms with Crippen molar-refractivity contribution in [3.05, 3.63) is 86.0 Å². The molecular formula is C28H28N2O4S. The number of fused-ring (bicyclic) bond motifs is 1. The van der Waals surface area contributed by atoms with Crippen LogP contribution in [0.4, 0.5) is 5.00 Å². The summed E-state index contributed by atoms with van der Waals surface area (Å²) in [5.74, 6) is -0.885. The first-order chi connectivity index (χ1) is 16.7. The van der Waals surface area contributed by atoms with Gasteiger partial charge in [0, 0.05) is 22.4 Å². The van der Waals surface area contributed by atoms with Gasteiger partial charge in [-0.05, 0) is 57.4 Å². The number of benzene rings is 2. The van der Waals surface area contributed by atoms with Crippen molar-refractivity contribution in [2.24, 2.45) is 0 Å². The topological polar surface area (TPSA) is 77.4 Å². The molecular weight excluding hydrogens is 460 g/mol. The van der Waals surface area contributed by atoms with Crippen molar-refractivity contribution in [2.75, 3.05) is 11.9 Å². The standard InChI is InChI=1S/C28H28N2O4S/c1-6-34-28(33)25-22(20-9-7-16(2)8-10-20)15-35-27(25)29-23(31)14-30-24(32)13-18(4)21-12-17(3)11-19(5)26(21)30/h7-13,15H,6,14H2,1-5H3,(H,29,31). The van der Waals surface area contributed by atoms with Gasteiger partial charge in [-0.2, -0.15) is 0 Å². The van der Waals surface area contributed by atoms with Crippen molar-refractivity contribution in [1.29, 1.82) is 0 Å². The van der Waals surface area contributed by atoms with Crippen LogP contribution in [-0.2, 0) is 16.1 Å². The molecule has 0 unspecified atom stereocenters. The lowest BCUT2D eigenvalue weighted by Crippen LogP contribution is -2.28. The second-order valence-corrected chi connectivity index (χ2v) is 9.60. The summed E-state index contributed by atoms with van der Waals surface area (Å²) >= 11 is 1.26. The van der Waals surface area contributed by atoms with Crippen LogP contribution < -0.4 is 10.9 Å². The number of aryl methyl sites for hydroxylation is 4. The number of esters is 1. The highest BCUT2D eigenvalue weighted by Crippen LogP contribution is 2.36. The number of hydrogen-bond acceptors (Lipinski definition) is 5. The molecule has 0 aliphatic carbocycles. The Morgan fingerprint density at radius 2 is 1.69 bits per heavy atom. The Balaban J connectivity index is 1.71. The van der Waals surface area contributed by atoms with E-state index in [4.69, 9.17) is 4.74 Å². The van der Waals surface area contributed by atoms with Crippen LogP contribution in [0, 0.1) is 27.7 Å². The number of nitrogens with zero attached hydrogens (tertiary/aromatic N) is 1. The molecule has 0 spiro atoms. The third kappa shape index (κ3) is 4.91. The van der Waals surface area contributed by atoms with E-state index in [9.17, 15) is 14.4 Å². The molecule has 4 aromatic rings. The molecule has 2 aromatic carbocycles. The smallest absolute Gasteiger partial charge is 0.341 e. The lowest BCUT2D eigenvalue weighted by Gasteiger charge is -2.15. The number of ether oxygens (including phenoxy) is 1. The van der Waals surface area contributed by atoms with Gasteiger partial charge in [-0.15, -0.1) is 11.3 Å². The third-order valence-corrected chi connectivity index (χ3v) is 6.83. The minimum atomic E-state index is -0.496. The predicted molar refractivity (Wildman–Crippen MR) is 141 cm³/mol. The minimum absolute atomic E-state index is 0.167. The Labute approximate surface area is 208 Å². The number of amides is 1. The number of hydrogen-bond donors (Lipinski definition) is 1. The van der Waals surface area contributed by atoms with Crippen LogP contribution in [-0.4, -0.2) is 23.1 Å². The van der Waals surface area contributed by atoms with Crippen molar-refractivity contribution in [3.8, 4) is 11.1 Å². The van der Waals surface area contributed by atoms with E-state index in [1.165, 1.54) is 15.9 Å². The summed E-state index contributed by atoms with van der Waals surface area (Å²) in [6.45, 7) is 9.64. The van der Waals surface area contributed by atoms with E-state index in [2.05, 4.69) is 5.32 Å². The SMILES string of the molecule is CCOC(=O)c1c(-c2ccc(C)cc2)csc1NC(=O)Cn1c(=O)cc(C)c2cc(C)cc(C)c21. The first-order valence-electron chi connectivity index (χ1n) is 11.5. The van der Waals surface area contributed by atoms with Gasteiger partial charge < -0.3 is 10.1 Å². The summed E-state index contributed by atoms with van der Waals surface area (Å²) in [4.78, 5) is 38.9. The Morgan fingerprint density at radius 3 is 2.37 bits per heavy atom. The summed E-state index contributed by atoms with van der Waals surface area (Å²) in [7, 11) is 0. The maximum Gasteiger partial charge on any atom is 0.341 e. The molecule has 0 fully saturated rings. The number of pyridine rings is 1. The summed E-state index contributed by atoms with van der Waals surface area (Å²) in [6, 6.07) is 13.4. The number of thiophene rings is 1. The van der Waals surface area contributed by atoms with E-state index < -0.39 is 5.97 Å². The van der Waals surface area contributed by atoms with Gasteiger partial charge in [0.25, 0.3) is 5.56 Å². The van der Waals surface area contributed by atoms with Crippen LogP contribution in [0.25, 0.3) is 22.0 Å². The molecule has 2 heterocycles. The van der Waals surface area contributed by atoms with Gasteiger partial charge >= 0.3 is 5.97 Å². The summed E-state index contributed by atoms with van der Waals surface area (Å²) in [6.07, 6.45) is 0. The van der Waals surface area contributed by atoms with E-state index >= 15 is 0 Å². The van der Waals surface area contributed by atoms with E-state index in [1.807, 2.05) is 69.5 Å². The number of carbonyl (C=O) groups is 2. The quantitative estimate of drug-likeness (QED) is 0.349. The fourth-order valence-electron chi connectivity index (χ4n) is 4.34. The first-order valence-corrected chi connectivity index (χ1v) is 12.3. The lowest BCUT2D eigenvalue weighted by atomic mass is 10.0. The molecule has 0 bridgehead atoms. The number of rotatable bonds is 6. The third-order valence-electron chi connectivity index (χ3n) is 5.93. The summed E-state index contributed by atoms with van der Waals surface area (Å²) in [5, 5.41) is 6.04. The summed E-state index contributed by atoms with van der Waals surface area (Å²) in [5.41, 5.74) is 6.39. The molecule has 0 aliphatic rings. The van der Waals surface area contributed by atoms with Gasteiger partial charge in [0.1, 0.15) is 17.1 Å². The minimum Gasteiger partial charge on any atom is -0.462 e. The van der Waals surface area contributed by atoms with Gasteiger partial charge in [-0.3, -0.25) is 14.2 Å². The molecule has 35 heavy (non-hydrogen) atoms. The van der Waals surface area contributed by atoms with Crippen molar-refractivity contribution in [3.63, 3.8) is 0 Å². The van der Waals surface area contributed by atoms with Crippen LogP contribution in [0.15, 0.2) is 52.6 Å². The second-order valence-electron chi connectivity index (χ2n) is 8.72. The van der Waals surface area contributed by atoms with Crippen molar-refractivity contribution in [1.82, 2.24) is 4.57 Å². The number of aromatic nitrogens is 1. The predicted octanol–water partition coefficient (Wildman–Crippen LogP) is 5.78. The van der Waals surface area contributed by atoms with Gasteiger partial charge in [0.05, 0.1) is 12.1 Å². The van der Waals surface area contributed by atoms with Crippen LogP contribution in [0.1, 0.15) is 39.5 Å². The molecule has 0 aliphatic heterocycles. The van der Waals surface area contributed by atoms with Crippen molar-refractivity contribution < 1.29 is 14.3 Å². The number of anilines is 1. The van der Waals surface area contributed by atoms with E-state index in [0.717, 1.165) is 38.7 Å². The highest BCUT2D eigenvalue weighted by molar-refractivity contribution is 7.15. The van der Waals surface area contributed by atoms with Gasteiger partial charge in [-0.25, -0.2) is 4.79 Å². The molecule has 4 rings (SSSR count). The van der Waals surface area contributed by atoms with Crippen molar-refractivity contribution >= 4 is 39.1 Å². The Hall–Kier alpha value is -3.71. The van der Waals surface area contributed by atoms with Gasteiger partial charge in [0.2, 0.25) is 5.91 Å². The largest absolute Gasteiger partial charge is 0.462 e. The molecule has 7 heteroatoms. The maximum atomic E-state index is 13.1. The zero-order valence-electron chi connectivity index (χ0n) is 20.5. The molecule has 2 aromatic heterocycles. The highest BCUT2D eigenvalue weighted by Gasteiger charge is 2.23. The van der Waals surface area contributed by atoms with E-state index in [-0.39, 0.29) is 24.6 Å². The van der Waals surface area contributed by atoms with Crippen LogP contribution in [0.3, 0.4) is 0 Å². The van der Waals surface area contributed by atoms with E-state index in [1.54, 1.807) is 13.0 Å². The average Bonchev–Trinajstić information content (AvgIpc) is 3.20. The Kier molecular flexibility index (Phi) is 6.89. The van der Waals surface area contributed by atoms with Crippen LogP contribution >= 0.6 is 11.3 Å². The fourth-order valence-corrected chi connectivity index (χ4v) is 5.31. The van der Waals surface area contributed by atoms with Crippen LogP contribution in [0.5, 0.6) is 0 Å². The fraction of sp³-hybridized carbons (Fsp3) is 0.250. The molecule has 0 atom stereocenters. The highest BCUT2D eigenvalue weighted by atomic mass is 32.1. The second kappa shape index (κ2) is 9.88. The van der Waals surface area contributed by atoms with Gasteiger partial charge in [-0.1, -0.05) is 41.5 Å². The Bertz CT molecular complexity index is 1500. The molecule has 0 radical (unpaired) electrons. The molecule has 6 nitrogen and oxygen atoms in total. The zero-order chi connectivity index (χ0) is 25.3. The van der Waals surface area contributed by atoms with Gasteiger partial charge in [0.15, 0.2) is 0 Å². The summed E-state index contributed by atoms with van der Waals surface area (Å²) < 4.78 is 6.78. The monoisotopic (exact) mass is 488 g/mol. The van der Waals surface area contributed by atoms with Crippen molar-refractivity contribution in [2.45, 2.75) is 41.2 Å². The number of carbonyl (C=O) groups excluding carboxylic acids is 2.